The van der Waals surface area contributed by atoms with Crippen LogP contribution < -0.4 is 10.6 Å². The fraction of sp³-hybridized carbons (Fsp3) is 0.667. The minimum Gasteiger partial charge on any atom is -0.333 e. The predicted octanol–water partition coefficient (Wildman–Crippen LogP) is 3.89. The lowest BCUT2D eigenvalue weighted by Crippen LogP contribution is -2.61. The molecule has 0 saturated carbocycles. The van der Waals surface area contributed by atoms with Crippen molar-refractivity contribution in [3.05, 3.63) is 35.9 Å². The Hall–Kier alpha value is -2.08. The lowest BCUT2D eigenvalue weighted by Gasteiger charge is -2.47. The Labute approximate surface area is 181 Å². The molecule has 0 aromatic heterocycles. The van der Waals surface area contributed by atoms with E-state index in [2.05, 4.69) is 48.4 Å². The molecule has 1 aromatic rings. The molecule has 3 rings (SSSR count). The SMILES string of the molecule is CC[C@@H](C)[C@H]1NC2(CCN(C(=O)NC(C)(C)C)CC2)N([C@@H](C)c2ccccc2)C1=O. The largest absolute Gasteiger partial charge is 0.333 e. The molecule has 0 unspecified atom stereocenters. The average Bonchev–Trinajstić information content (AvgIpc) is 2.98. The Morgan fingerprint density at radius 2 is 1.80 bits per heavy atom. The molecule has 2 heterocycles. The summed E-state index contributed by atoms with van der Waals surface area (Å²) < 4.78 is 0. The monoisotopic (exact) mass is 414 g/mol. The minimum atomic E-state index is -0.404. The zero-order valence-corrected chi connectivity index (χ0v) is 19.4. The van der Waals surface area contributed by atoms with Crippen molar-refractivity contribution in [2.24, 2.45) is 5.92 Å². The molecule has 2 saturated heterocycles. The van der Waals surface area contributed by atoms with Crippen molar-refractivity contribution in [2.75, 3.05) is 13.1 Å². The Morgan fingerprint density at radius 3 is 2.33 bits per heavy atom. The second-order valence-electron chi connectivity index (χ2n) is 10.0. The maximum Gasteiger partial charge on any atom is 0.317 e. The Balaban J connectivity index is 1.83. The highest BCUT2D eigenvalue weighted by Gasteiger charge is 2.54. The average molecular weight is 415 g/mol. The van der Waals surface area contributed by atoms with E-state index in [1.165, 1.54) is 0 Å². The van der Waals surface area contributed by atoms with Crippen LogP contribution in [0, 0.1) is 5.92 Å². The molecular formula is C24H38N4O2. The summed E-state index contributed by atoms with van der Waals surface area (Å²) in [5.74, 6) is 0.456. The van der Waals surface area contributed by atoms with Crippen LogP contribution in [0.2, 0.25) is 0 Å². The van der Waals surface area contributed by atoms with E-state index in [1.807, 2.05) is 43.9 Å². The van der Waals surface area contributed by atoms with Crippen LogP contribution >= 0.6 is 0 Å². The van der Waals surface area contributed by atoms with Crippen LogP contribution in [0.5, 0.6) is 0 Å². The summed E-state index contributed by atoms with van der Waals surface area (Å²) in [6.07, 6.45) is 2.42. The standard InChI is InChI=1S/C24H38N4O2/c1-7-17(2)20-21(29)28(18(3)19-11-9-8-10-12-19)24(25-20)13-15-27(16-14-24)22(30)26-23(4,5)6/h8-12,17-18,20,25H,7,13-16H2,1-6H3,(H,26,30)/t17-,18+,20-/m1/s1. The van der Waals surface area contributed by atoms with Crippen LogP contribution in [0.1, 0.15) is 72.4 Å². The van der Waals surface area contributed by atoms with Crippen molar-refractivity contribution in [3.63, 3.8) is 0 Å². The quantitative estimate of drug-likeness (QED) is 0.785. The third-order valence-corrected chi connectivity index (χ3v) is 6.63. The van der Waals surface area contributed by atoms with Gasteiger partial charge in [-0.25, -0.2) is 4.79 Å². The fourth-order valence-electron chi connectivity index (χ4n) is 4.71. The summed E-state index contributed by atoms with van der Waals surface area (Å²) in [5, 5.41) is 6.79. The van der Waals surface area contributed by atoms with Crippen molar-refractivity contribution in [1.29, 1.82) is 0 Å². The molecule has 2 aliphatic heterocycles. The molecule has 0 aliphatic carbocycles. The van der Waals surface area contributed by atoms with Crippen LogP contribution in [-0.4, -0.2) is 52.1 Å². The summed E-state index contributed by atoms with van der Waals surface area (Å²) in [6, 6.07) is 10.0. The molecular weight excluding hydrogens is 376 g/mol. The number of carbonyl (C=O) groups is 2. The summed E-state index contributed by atoms with van der Waals surface area (Å²) in [7, 11) is 0. The van der Waals surface area contributed by atoms with E-state index >= 15 is 0 Å². The summed E-state index contributed by atoms with van der Waals surface area (Å²) in [5.41, 5.74) is 0.479. The van der Waals surface area contributed by atoms with Gasteiger partial charge in [0.25, 0.3) is 0 Å². The highest BCUT2D eigenvalue weighted by molar-refractivity contribution is 5.86. The smallest absolute Gasteiger partial charge is 0.317 e. The van der Waals surface area contributed by atoms with Gasteiger partial charge in [-0.3, -0.25) is 10.1 Å². The van der Waals surface area contributed by atoms with Gasteiger partial charge in [-0.15, -0.1) is 0 Å². The van der Waals surface area contributed by atoms with Crippen molar-refractivity contribution in [2.45, 2.75) is 84.1 Å². The first-order valence-electron chi connectivity index (χ1n) is 11.3. The van der Waals surface area contributed by atoms with Gasteiger partial charge in [-0.05, 0) is 39.2 Å². The number of urea groups is 1. The lowest BCUT2D eigenvalue weighted by molar-refractivity contribution is -0.136. The number of nitrogens with one attached hydrogen (secondary N) is 2. The zero-order valence-electron chi connectivity index (χ0n) is 19.4. The Morgan fingerprint density at radius 1 is 1.20 bits per heavy atom. The maximum atomic E-state index is 13.6. The van der Waals surface area contributed by atoms with Gasteiger partial charge >= 0.3 is 6.03 Å². The second-order valence-corrected chi connectivity index (χ2v) is 10.0. The number of likely N-dealkylation sites (tertiary alicyclic amines) is 1. The van der Waals surface area contributed by atoms with Crippen LogP contribution in [-0.2, 0) is 4.79 Å². The van der Waals surface area contributed by atoms with E-state index in [9.17, 15) is 9.59 Å². The number of rotatable bonds is 4. The molecule has 2 N–H and O–H groups in total. The van der Waals surface area contributed by atoms with Crippen molar-refractivity contribution < 1.29 is 9.59 Å². The molecule has 2 aliphatic rings. The van der Waals surface area contributed by atoms with E-state index in [1.54, 1.807) is 0 Å². The van der Waals surface area contributed by atoms with Gasteiger partial charge in [0.15, 0.2) is 0 Å². The van der Waals surface area contributed by atoms with E-state index in [-0.39, 0.29) is 35.5 Å². The number of carbonyl (C=O) groups excluding carboxylic acids is 2. The molecule has 0 bridgehead atoms. The number of hydrogen-bond donors (Lipinski definition) is 2. The van der Waals surface area contributed by atoms with E-state index in [0.717, 1.165) is 24.8 Å². The zero-order chi connectivity index (χ0) is 22.1. The van der Waals surface area contributed by atoms with Crippen LogP contribution in [0.4, 0.5) is 4.79 Å². The molecule has 6 heteroatoms. The van der Waals surface area contributed by atoms with Gasteiger partial charge in [0.1, 0.15) is 0 Å². The van der Waals surface area contributed by atoms with Gasteiger partial charge in [0.05, 0.1) is 17.7 Å². The summed E-state index contributed by atoms with van der Waals surface area (Å²) >= 11 is 0. The minimum absolute atomic E-state index is 0.0183. The van der Waals surface area contributed by atoms with Crippen molar-refractivity contribution >= 4 is 11.9 Å². The van der Waals surface area contributed by atoms with E-state index < -0.39 is 5.66 Å². The summed E-state index contributed by atoms with van der Waals surface area (Å²) in [6.45, 7) is 13.6. The van der Waals surface area contributed by atoms with Gasteiger partial charge in [0.2, 0.25) is 5.91 Å². The Kier molecular flexibility index (Phi) is 6.46. The van der Waals surface area contributed by atoms with Crippen molar-refractivity contribution in [1.82, 2.24) is 20.4 Å². The highest BCUT2D eigenvalue weighted by atomic mass is 16.2. The topological polar surface area (TPSA) is 64.7 Å². The number of piperidine rings is 1. The maximum absolute atomic E-state index is 13.6. The molecule has 2 fully saturated rings. The molecule has 1 spiro atoms. The van der Waals surface area contributed by atoms with Crippen LogP contribution in [0.3, 0.4) is 0 Å². The number of hydrogen-bond acceptors (Lipinski definition) is 3. The molecule has 3 atom stereocenters. The molecule has 30 heavy (non-hydrogen) atoms. The molecule has 166 valence electrons. The van der Waals surface area contributed by atoms with Gasteiger partial charge in [-0.2, -0.15) is 0 Å². The number of amides is 3. The van der Waals surface area contributed by atoms with Gasteiger partial charge < -0.3 is 15.1 Å². The van der Waals surface area contributed by atoms with Crippen LogP contribution in [0.15, 0.2) is 30.3 Å². The predicted molar refractivity (Wildman–Crippen MR) is 120 cm³/mol. The Bertz CT molecular complexity index is 750. The first-order chi connectivity index (χ1) is 14.1. The molecule has 6 nitrogen and oxygen atoms in total. The normalized spacial score (nSPS) is 23.5. The first kappa shape index (κ1) is 22.6. The van der Waals surface area contributed by atoms with E-state index in [4.69, 9.17) is 0 Å². The fourth-order valence-corrected chi connectivity index (χ4v) is 4.71. The highest BCUT2D eigenvalue weighted by Crippen LogP contribution is 2.40. The first-order valence-corrected chi connectivity index (χ1v) is 11.3. The third-order valence-electron chi connectivity index (χ3n) is 6.63. The van der Waals surface area contributed by atoms with Gasteiger partial charge in [-0.1, -0.05) is 50.6 Å². The summed E-state index contributed by atoms with van der Waals surface area (Å²) in [4.78, 5) is 30.2. The lowest BCUT2D eigenvalue weighted by atomic mass is 9.93. The number of nitrogens with zero attached hydrogens (tertiary/aromatic N) is 2. The molecule has 3 amide bonds. The van der Waals surface area contributed by atoms with Crippen molar-refractivity contribution in [3.8, 4) is 0 Å². The molecule has 0 radical (unpaired) electrons. The van der Waals surface area contributed by atoms with E-state index in [0.29, 0.717) is 13.1 Å². The third kappa shape index (κ3) is 4.48. The van der Waals surface area contributed by atoms with Crippen LogP contribution in [0.25, 0.3) is 0 Å². The van der Waals surface area contributed by atoms with Gasteiger partial charge in [0, 0.05) is 31.5 Å². The number of benzene rings is 1. The molecule has 1 aromatic carbocycles. The second kappa shape index (κ2) is 8.58.